The number of amides is 1. The summed E-state index contributed by atoms with van der Waals surface area (Å²) in [5.74, 6) is 0.885. The third-order valence-corrected chi connectivity index (χ3v) is 5.43. The van der Waals surface area contributed by atoms with Crippen molar-refractivity contribution in [2.24, 2.45) is 5.92 Å². The van der Waals surface area contributed by atoms with Crippen molar-refractivity contribution >= 4 is 35.3 Å². The van der Waals surface area contributed by atoms with Crippen molar-refractivity contribution in [3.63, 3.8) is 0 Å². The minimum Gasteiger partial charge on any atom is -0.465 e. The van der Waals surface area contributed by atoms with E-state index in [9.17, 15) is 9.59 Å². The van der Waals surface area contributed by atoms with Gasteiger partial charge < -0.3 is 19.7 Å². The predicted octanol–water partition coefficient (Wildman–Crippen LogP) is 2.29. The fraction of sp³-hybridized carbons (Fsp3) is 0.500. The number of aromatic nitrogens is 3. The van der Waals surface area contributed by atoms with Gasteiger partial charge in [0.25, 0.3) is 0 Å². The standard InChI is InChI=1S/C20H27N5O4S/c1-14(2)12-25-19(24-8-10-29-11-9-24)22-23-20(25)30-13-17(26)21-16-6-4-15(5-7-16)18(27)28-3/h4-7,14H,8-13H2,1-3H3,(H,21,26). The maximum atomic E-state index is 12.4. The first kappa shape index (κ1) is 22.1. The van der Waals surface area contributed by atoms with Crippen molar-refractivity contribution in [1.29, 1.82) is 0 Å². The Morgan fingerprint density at radius 3 is 2.53 bits per heavy atom. The summed E-state index contributed by atoms with van der Waals surface area (Å²) in [5, 5.41) is 12.3. The minimum atomic E-state index is -0.413. The van der Waals surface area contributed by atoms with E-state index in [1.165, 1.54) is 18.9 Å². The van der Waals surface area contributed by atoms with E-state index in [2.05, 4.69) is 43.6 Å². The molecule has 2 aromatic rings. The number of thioether (sulfide) groups is 1. The highest BCUT2D eigenvalue weighted by molar-refractivity contribution is 7.99. The number of nitrogens with one attached hydrogen (secondary N) is 1. The Hall–Kier alpha value is -2.59. The van der Waals surface area contributed by atoms with Gasteiger partial charge in [-0.05, 0) is 30.2 Å². The van der Waals surface area contributed by atoms with Crippen LogP contribution in [-0.2, 0) is 20.8 Å². The molecule has 1 saturated heterocycles. The number of rotatable bonds is 8. The number of hydrogen-bond acceptors (Lipinski definition) is 8. The lowest BCUT2D eigenvalue weighted by atomic mass is 10.2. The molecule has 2 heterocycles. The summed E-state index contributed by atoms with van der Waals surface area (Å²) >= 11 is 1.36. The van der Waals surface area contributed by atoms with Crippen molar-refractivity contribution in [2.75, 3.05) is 49.4 Å². The van der Waals surface area contributed by atoms with Gasteiger partial charge in [-0.1, -0.05) is 25.6 Å². The second-order valence-electron chi connectivity index (χ2n) is 7.29. The summed E-state index contributed by atoms with van der Waals surface area (Å²) in [6, 6.07) is 6.57. The minimum absolute atomic E-state index is 0.155. The van der Waals surface area contributed by atoms with Crippen LogP contribution in [0.5, 0.6) is 0 Å². The Kier molecular flexibility index (Phi) is 7.69. The first-order valence-electron chi connectivity index (χ1n) is 9.85. The lowest BCUT2D eigenvalue weighted by Gasteiger charge is -2.28. The Balaban J connectivity index is 1.62. The Labute approximate surface area is 180 Å². The molecule has 0 bridgehead atoms. The lowest BCUT2D eigenvalue weighted by Crippen LogP contribution is -2.38. The summed E-state index contributed by atoms with van der Waals surface area (Å²) in [6.45, 7) is 7.97. The molecule has 1 aromatic heterocycles. The fourth-order valence-corrected chi connectivity index (χ4v) is 3.79. The summed E-state index contributed by atoms with van der Waals surface area (Å²) in [6.07, 6.45) is 0. The van der Waals surface area contributed by atoms with Crippen LogP contribution in [0.15, 0.2) is 29.4 Å². The number of ether oxygens (including phenoxy) is 2. The van der Waals surface area contributed by atoms with Gasteiger partial charge in [-0.15, -0.1) is 10.2 Å². The van der Waals surface area contributed by atoms with Crippen LogP contribution in [-0.4, -0.2) is 65.8 Å². The Bertz CT molecular complexity index is 863. The van der Waals surface area contributed by atoms with Crippen molar-refractivity contribution in [2.45, 2.75) is 25.5 Å². The highest BCUT2D eigenvalue weighted by Gasteiger charge is 2.21. The van der Waals surface area contributed by atoms with E-state index in [-0.39, 0.29) is 11.7 Å². The topological polar surface area (TPSA) is 98.6 Å². The second-order valence-corrected chi connectivity index (χ2v) is 8.23. The molecule has 1 N–H and O–H groups in total. The first-order chi connectivity index (χ1) is 14.5. The van der Waals surface area contributed by atoms with Crippen molar-refractivity contribution in [3.8, 4) is 0 Å². The van der Waals surface area contributed by atoms with Gasteiger partial charge in [-0.25, -0.2) is 4.79 Å². The fourth-order valence-electron chi connectivity index (χ4n) is 3.04. The van der Waals surface area contributed by atoms with Crippen LogP contribution in [0.3, 0.4) is 0 Å². The molecule has 1 fully saturated rings. The molecule has 162 valence electrons. The van der Waals surface area contributed by atoms with Gasteiger partial charge in [0.05, 0.1) is 31.6 Å². The zero-order chi connectivity index (χ0) is 21.5. The summed E-state index contributed by atoms with van der Waals surface area (Å²) < 4.78 is 12.2. The van der Waals surface area contributed by atoms with Gasteiger partial charge in [0.2, 0.25) is 11.9 Å². The molecule has 10 heteroatoms. The molecular formula is C20H27N5O4S. The van der Waals surface area contributed by atoms with Crippen LogP contribution in [0.1, 0.15) is 24.2 Å². The molecule has 9 nitrogen and oxygen atoms in total. The molecule has 0 saturated carbocycles. The second kappa shape index (κ2) is 10.4. The molecule has 1 amide bonds. The summed E-state index contributed by atoms with van der Waals surface area (Å²) in [7, 11) is 1.33. The maximum Gasteiger partial charge on any atom is 0.337 e. The van der Waals surface area contributed by atoms with Crippen LogP contribution in [0.2, 0.25) is 0 Å². The lowest BCUT2D eigenvalue weighted by molar-refractivity contribution is -0.113. The van der Waals surface area contributed by atoms with E-state index in [0.717, 1.165) is 30.7 Å². The average Bonchev–Trinajstić information content (AvgIpc) is 3.14. The molecule has 0 radical (unpaired) electrons. The first-order valence-corrected chi connectivity index (χ1v) is 10.8. The summed E-state index contributed by atoms with van der Waals surface area (Å²) in [4.78, 5) is 26.1. The monoisotopic (exact) mass is 433 g/mol. The molecule has 0 aliphatic carbocycles. The van der Waals surface area contributed by atoms with Crippen molar-refractivity contribution < 1.29 is 19.1 Å². The number of benzene rings is 1. The number of anilines is 2. The number of carbonyl (C=O) groups excluding carboxylic acids is 2. The molecule has 1 aliphatic rings. The molecule has 30 heavy (non-hydrogen) atoms. The van der Waals surface area contributed by atoms with E-state index in [1.807, 2.05) is 0 Å². The largest absolute Gasteiger partial charge is 0.465 e. The van der Waals surface area contributed by atoms with E-state index >= 15 is 0 Å². The Morgan fingerprint density at radius 1 is 1.20 bits per heavy atom. The molecule has 0 unspecified atom stereocenters. The third-order valence-electron chi connectivity index (χ3n) is 4.46. The van der Waals surface area contributed by atoms with Gasteiger partial charge >= 0.3 is 5.97 Å². The van der Waals surface area contributed by atoms with Crippen LogP contribution in [0, 0.1) is 5.92 Å². The van der Waals surface area contributed by atoms with Crippen molar-refractivity contribution in [1.82, 2.24) is 14.8 Å². The highest BCUT2D eigenvalue weighted by atomic mass is 32.2. The molecule has 0 atom stereocenters. The van der Waals surface area contributed by atoms with E-state index in [0.29, 0.717) is 30.4 Å². The number of methoxy groups -OCH3 is 1. The predicted molar refractivity (Wildman–Crippen MR) is 115 cm³/mol. The average molecular weight is 434 g/mol. The van der Waals surface area contributed by atoms with Gasteiger partial charge in [0, 0.05) is 25.3 Å². The zero-order valence-electron chi connectivity index (χ0n) is 17.5. The maximum absolute atomic E-state index is 12.4. The number of nitrogens with zero attached hydrogens (tertiary/aromatic N) is 4. The Morgan fingerprint density at radius 2 is 1.90 bits per heavy atom. The van der Waals surface area contributed by atoms with Gasteiger partial charge in [0.15, 0.2) is 5.16 Å². The van der Waals surface area contributed by atoms with Crippen LogP contribution in [0.4, 0.5) is 11.6 Å². The number of esters is 1. The van der Waals surface area contributed by atoms with Gasteiger partial charge in [-0.2, -0.15) is 0 Å². The normalized spacial score (nSPS) is 14.1. The highest BCUT2D eigenvalue weighted by Crippen LogP contribution is 2.24. The van der Waals surface area contributed by atoms with Gasteiger partial charge in [-0.3, -0.25) is 9.36 Å². The molecule has 3 rings (SSSR count). The number of morpholine rings is 1. The van der Waals surface area contributed by atoms with Crippen LogP contribution in [0.25, 0.3) is 0 Å². The molecule has 1 aliphatic heterocycles. The van der Waals surface area contributed by atoms with Crippen LogP contribution < -0.4 is 10.2 Å². The smallest absolute Gasteiger partial charge is 0.337 e. The van der Waals surface area contributed by atoms with E-state index in [1.54, 1.807) is 24.3 Å². The molecular weight excluding hydrogens is 406 g/mol. The van der Waals surface area contributed by atoms with Gasteiger partial charge in [0.1, 0.15) is 0 Å². The van der Waals surface area contributed by atoms with Crippen LogP contribution >= 0.6 is 11.8 Å². The van der Waals surface area contributed by atoms with Crippen molar-refractivity contribution in [3.05, 3.63) is 29.8 Å². The summed E-state index contributed by atoms with van der Waals surface area (Å²) in [5.41, 5.74) is 1.05. The van der Waals surface area contributed by atoms with E-state index < -0.39 is 5.97 Å². The number of hydrogen-bond donors (Lipinski definition) is 1. The number of carbonyl (C=O) groups is 2. The molecule has 1 aromatic carbocycles. The quantitative estimate of drug-likeness (QED) is 0.500. The molecule has 0 spiro atoms. The van der Waals surface area contributed by atoms with E-state index in [4.69, 9.17) is 4.74 Å². The third kappa shape index (κ3) is 5.73. The zero-order valence-corrected chi connectivity index (χ0v) is 18.3. The SMILES string of the molecule is COC(=O)c1ccc(NC(=O)CSc2nnc(N3CCOCC3)n2CC(C)C)cc1.